The molecule has 1 fully saturated rings. The molecule has 1 aliphatic carbocycles. The summed E-state index contributed by atoms with van der Waals surface area (Å²) >= 11 is 0. The predicted octanol–water partition coefficient (Wildman–Crippen LogP) is 3.71. The van der Waals surface area contributed by atoms with Crippen LogP contribution in [0.4, 0.5) is 11.4 Å². The minimum absolute atomic E-state index is 0.0342. The third kappa shape index (κ3) is 4.03. The first kappa shape index (κ1) is 15.8. The van der Waals surface area contributed by atoms with E-state index in [2.05, 4.69) is 10.6 Å². The molecule has 1 saturated carbocycles. The molecule has 0 radical (unpaired) electrons. The number of ether oxygens (including phenoxy) is 1. The Morgan fingerprint density at radius 1 is 1.30 bits per heavy atom. The first-order valence-electron chi connectivity index (χ1n) is 8.53. The van der Waals surface area contributed by atoms with Crippen LogP contribution in [0.2, 0.25) is 0 Å². The molecule has 5 heteroatoms. The van der Waals surface area contributed by atoms with Crippen LogP contribution in [0.25, 0.3) is 0 Å². The van der Waals surface area contributed by atoms with E-state index in [1.165, 1.54) is 32.1 Å². The van der Waals surface area contributed by atoms with Gasteiger partial charge in [-0.25, -0.2) is 0 Å². The zero-order chi connectivity index (χ0) is 16.2. The van der Waals surface area contributed by atoms with Crippen molar-refractivity contribution in [1.29, 1.82) is 0 Å². The van der Waals surface area contributed by atoms with Gasteiger partial charge in [-0.05, 0) is 37.5 Å². The summed E-state index contributed by atoms with van der Waals surface area (Å²) in [6.45, 7) is 1.71. The number of hydrogen-bond donors (Lipinski definition) is 2. The third-order valence-electron chi connectivity index (χ3n) is 4.70. The molecular weight excluding hydrogens is 292 g/mol. The summed E-state index contributed by atoms with van der Waals surface area (Å²) < 4.78 is 5.51. The number of benzene rings is 1. The molecule has 5 nitrogen and oxygen atoms in total. The van der Waals surface area contributed by atoms with Gasteiger partial charge in [0, 0.05) is 12.1 Å². The maximum Gasteiger partial charge on any atom is 0.265 e. The summed E-state index contributed by atoms with van der Waals surface area (Å²) in [5, 5.41) is 5.70. The summed E-state index contributed by atoms with van der Waals surface area (Å²) in [4.78, 5) is 23.8. The second-order valence-corrected chi connectivity index (χ2v) is 6.55. The molecule has 0 unspecified atom stereocenters. The van der Waals surface area contributed by atoms with Crippen molar-refractivity contribution in [2.24, 2.45) is 5.92 Å². The highest BCUT2D eigenvalue weighted by atomic mass is 16.5. The van der Waals surface area contributed by atoms with Crippen LogP contribution in [0, 0.1) is 5.92 Å². The van der Waals surface area contributed by atoms with Crippen molar-refractivity contribution in [2.75, 3.05) is 10.6 Å². The first-order chi connectivity index (χ1) is 11.1. The third-order valence-corrected chi connectivity index (χ3v) is 4.70. The van der Waals surface area contributed by atoms with Gasteiger partial charge in [0.1, 0.15) is 5.75 Å². The fraction of sp³-hybridized carbons (Fsp3) is 0.556. The zero-order valence-corrected chi connectivity index (χ0v) is 13.6. The molecule has 1 heterocycles. The average molecular weight is 316 g/mol. The van der Waals surface area contributed by atoms with Crippen molar-refractivity contribution in [2.45, 2.75) is 58.0 Å². The summed E-state index contributed by atoms with van der Waals surface area (Å²) in [5.74, 6) is 1.20. The molecule has 1 aromatic rings. The number of anilines is 2. The van der Waals surface area contributed by atoms with Gasteiger partial charge in [0.2, 0.25) is 5.91 Å². The van der Waals surface area contributed by atoms with Crippen molar-refractivity contribution in [3.63, 3.8) is 0 Å². The molecule has 23 heavy (non-hydrogen) atoms. The van der Waals surface area contributed by atoms with Gasteiger partial charge in [0.25, 0.3) is 5.91 Å². The summed E-state index contributed by atoms with van der Waals surface area (Å²) in [6, 6.07) is 5.33. The number of rotatable bonds is 4. The number of carbonyl (C=O) groups excluding carboxylic acids is 2. The van der Waals surface area contributed by atoms with Gasteiger partial charge in [-0.2, -0.15) is 0 Å². The highest BCUT2D eigenvalue weighted by molar-refractivity contribution is 5.99. The van der Waals surface area contributed by atoms with E-state index < -0.39 is 6.10 Å². The predicted molar refractivity (Wildman–Crippen MR) is 89.6 cm³/mol. The molecule has 0 aromatic heterocycles. The largest absolute Gasteiger partial charge is 0.479 e. The van der Waals surface area contributed by atoms with Gasteiger partial charge in [-0.3, -0.25) is 9.59 Å². The van der Waals surface area contributed by atoms with Crippen LogP contribution in [-0.4, -0.2) is 17.9 Å². The Morgan fingerprint density at radius 3 is 2.87 bits per heavy atom. The van der Waals surface area contributed by atoms with Crippen LogP contribution in [0.3, 0.4) is 0 Å². The van der Waals surface area contributed by atoms with Gasteiger partial charge < -0.3 is 15.4 Å². The van der Waals surface area contributed by atoms with Crippen molar-refractivity contribution in [3.05, 3.63) is 18.2 Å². The average Bonchev–Trinajstić information content (AvgIpc) is 2.55. The Balaban J connectivity index is 1.54. The van der Waals surface area contributed by atoms with Crippen LogP contribution >= 0.6 is 0 Å². The summed E-state index contributed by atoms with van der Waals surface area (Å²) in [7, 11) is 0. The van der Waals surface area contributed by atoms with Gasteiger partial charge in [0.15, 0.2) is 6.10 Å². The number of nitrogens with one attached hydrogen (secondary N) is 2. The number of amides is 2. The minimum atomic E-state index is -0.488. The molecule has 2 amide bonds. The lowest BCUT2D eigenvalue weighted by molar-refractivity contribution is -0.122. The van der Waals surface area contributed by atoms with E-state index in [0.29, 0.717) is 29.5 Å². The zero-order valence-electron chi connectivity index (χ0n) is 13.6. The molecule has 3 rings (SSSR count). The molecule has 1 atom stereocenters. The number of hydrogen-bond acceptors (Lipinski definition) is 3. The van der Waals surface area contributed by atoms with Crippen LogP contribution in [-0.2, 0) is 9.59 Å². The van der Waals surface area contributed by atoms with Crippen LogP contribution < -0.4 is 15.4 Å². The lowest BCUT2D eigenvalue weighted by Crippen LogP contribution is -2.34. The van der Waals surface area contributed by atoms with E-state index in [9.17, 15) is 9.59 Å². The monoisotopic (exact) mass is 316 g/mol. The fourth-order valence-electron chi connectivity index (χ4n) is 3.32. The molecule has 124 valence electrons. The van der Waals surface area contributed by atoms with E-state index in [0.717, 1.165) is 6.42 Å². The van der Waals surface area contributed by atoms with Gasteiger partial charge >= 0.3 is 0 Å². The molecule has 1 aromatic carbocycles. The Kier molecular flexibility index (Phi) is 4.84. The van der Waals surface area contributed by atoms with Crippen molar-refractivity contribution in [3.8, 4) is 5.75 Å². The van der Waals surface area contributed by atoms with Crippen molar-refractivity contribution < 1.29 is 14.3 Å². The van der Waals surface area contributed by atoms with E-state index >= 15 is 0 Å². The Hall–Kier alpha value is -2.04. The second-order valence-electron chi connectivity index (χ2n) is 6.55. The standard InChI is InChI=1S/C18H24N2O3/c1-12-18(22)20-15-11-14(8-9-16(15)23-12)19-17(21)10-7-13-5-3-2-4-6-13/h8-9,11-13H,2-7,10H2,1H3,(H,19,21)(H,20,22)/t12-/m1/s1. The van der Waals surface area contributed by atoms with E-state index in [4.69, 9.17) is 4.74 Å². The smallest absolute Gasteiger partial charge is 0.265 e. The van der Waals surface area contributed by atoms with Gasteiger partial charge in [-0.15, -0.1) is 0 Å². The van der Waals surface area contributed by atoms with Crippen LogP contribution in [0.1, 0.15) is 51.9 Å². The van der Waals surface area contributed by atoms with Crippen molar-refractivity contribution in [1.82, 2.24) is 0 Å². The lowest BCUT2D eigenvalue weighted by Gasteiger charge is -2.24. The van der Waals surface area contributed by atoms with Crippen molar-refractivity contribution >= 4 is 23.2 Å². The first-order valence-corrected chi connectivity index (χ1v) is 8.53. The minimum Gasteiger partial charge on any atom is -0.479 e. The second kappa shape index (κ2) is 7.02. The summed E-state index contributed by atoms with van der Waals surface area (Å²) in [5.41, 5.74) is 1.30. The summed E-state index contributed by atoms with van der Waals surface area (Å²) in [6.07, 6.45) is 7.49. The molecule has 0 spiro atoms. The quantitative estimate of drug-likeness (QED) is 0.890. The maximum atomic E-state index is 12.1. The van der Waals surface area contributed by atoms with Gasteiger partial charge in [-0.1, -0.05) is 32.1 Å². The molecular formula is C18H24N2O3. The topological polar surface area (TPSA) is 67.4 Å². The Labute approximate surface area is 136 Å². The van der Waals surface area contributed by atoms with Crippen LogP contribution in [0.5, 0.6) is 5.75 Å². The van der Waals surface area contributed by atoms with E-state index in [1.807, 2.05) is 6.07 Å². The van der Waals surface area contributed by atoms with Gasteiger partial charge in [0.05, 0.1) is 5.69 Å². The lowest BCUT2D eigenvalue weighted by atomic mass is 9.86. The molecule has 2 aliphatic rings. The number of carbonyl (C=O) groups is 2. The van der Waals surface area contributed by atoms with Crippen LogP contribution in [0.15, 0.2) is 18.2 Å². The van der Waals surface area contributed by atoms with E-state index in [-0.39, 0.29) is 11.8 Å². The SMILES string of the molecule is C[C@H]1Oc2ccc(NC(=O)CCC3CCCCC3)cc2NC1=O. The highest BCUT2D eigenvalue weighted by Crippen LogP contribution is 2.32. The maximum absolute atomic E-state index is 12.1. The molecule has 2 N–H and O–H groups in total. The fourth-order valence-corrected chi connectivity index (χ4v) is 3.32. The Morgan fingerprint density at radius 2 is 2.09 bits per heavy atom. The molecule has 1 aliphatic heterocycles. The number of fused-ring (bicyclic) bond motifs is 1. The van der Waals surface area contributed by atoms with E-state index in [1.54, 1.807) is 19.1 Å². The normalized spacial score (nSPS) is 21.1. The highest BCUT2D eigenvalue weighted by Gasteiger charge is 2.23. The molecule has 0 saturated heterocycles. The molecule has 0 bridgehead atoms. The Bertz CT molecular complexity index is 594.